The van der Waals surface area contributed by atoms with E-state index in [2.05, 4.69) is 51.8 Å². The van der Waals surface area contributed by atoms with Gasteiger partial charge in [0.2, 0.25) is 0 Å². The topological polar surface area (TPSA) is 38.5 Å². The van der Waals surface area contributed by atoms with Crippen LogP contribution < -0.4 is 15.4 Å². The van der Waals surface area contributed by atoms with E-state index in [0.29, 0.717) is 0 Å². The molecule has 1 aromatic rings. The monoisotopic (exact) mass is 264 g/mol. The maximum Gasteiger partial charge on any atom is 0.122 e. The lowest BCUT2D eigenvalue weighted by Crippen LogP contribution is -2.23. The highest BCUT2D eigenvalue weighted by Crippen LogP contribution is 2.36. The normalized spacial score (nSPS) is 11.5. The Hall–Kier alpha value is -1.22. The van der Waals surface area contributed by atoms with E-state index in [1.807, 2.05) is 0 Å². The number of nitrogens with zero attached hydrogens (tertiary/aromatic N) is 1. The van der Waals surface area contributed by atoms with Gasteiger partial charge in [-0.15, -0.1) is 0 Å². The number of anilines is 1. The fourth-order valence-electron chi connectivity index (χ4n) is 2.29. The largest absolute Gasteiger partial charge is 0.496 e. The average molecular weight is 264 g/mol. The smallest absolute Gasteiger partial charge is 0.122 e. The first kappa shape index (κ1) is 15.8. The van der Waals surface area contributed by atoms with Crippen molar-refractivity contribution >= 4 is 5.69 Å². The molecule has 19 heavy (non-hydrogen) atoms. The van der Waals surface area contributed by atoms with Crippen molar-refractivity contribution in [1.29, 1.82) is 0 Å². The van der Waals surface area contributed by atoms with Crippen LogP contribution >= 0.6 is 0 Å². The second kappa shape index (κ2) is 6.29. The zero-order valence-corrected chi connectivity index (χ0v) is 13.2. The average Bonchev–Trinajstić information content (AvgIpc) is 2.33. The number of methoxy groups -OCH3 is 1. The standard InChI is InChI=1S/C16H28N2O/c1-12-10-15(19-6)13(16(2,3)4)11-14(12)18(5)9-7-8-17/h10-11H,7-9,17H2,1-6H3. The first-order valence-electron chi connectivity index (χ1n) is 6.91. The van der Waals surface area contributed by atoms with Crippen molar-refractivity contribution < 1.29 is 4.74 Å². The molecule has 0 amide bonds. The quantitative estimate of drug-likeness (QED) is 0.888. The third kappa shape index (κ3) is 3.87. The van der Waals surface area contributed by atoms with Gasteiger partial charge >= 0.3 is 0 Å². The third-order valence-corrected chi connectivity index (χ3v) is 3.43. The molecule has 0 fully saturated rings. The number of nitrogens with two attached hydrogens (primary N) is 1. The van der Waals surface area contributed by atoms with Crippen LogP contribution in [0.1, 0.15) is 38.3 Å². The minimum absolute atomic E-state index is 0.0719. The summed E-state index contributed by atoms with van der Waals surface area (Å²) in [7, 11) is 3.86. The van der Waals surface area contributed by atoms with Crippen LogP contribution in [0.15, 0.2) is 12.1 Å². The Morgan fingerprint density at radius 2 is 1.89 bits per heavy atom. The summed E-state index contributed by atoms with van der Waals surface area (Å²) in [4.78, 5) is 2.27. The van der Waals surface area contributed by atoms with Gasteiger partial charge in [-0.25, -0.2) is 0 Å². The van der Waals surface area contributed by atoms with Crippen molar-refractivity contribution in [1.82, 2.24) is 0 Å². The Bertz CT molecular complexity index is 421. The first-order chi connectivity index (χ1) is 8.81. The van der Waals surface area contributed by atoms with E-state index in [1.54, 1.807) is 7.11 Å². The van der Waals surface area contributed by atoms with Crippen LogP contribution in [0.25, 0.3) is 0 Å². The van der Waals surface area contributed by atoms with Gasteiger partial charge in [0.05, 0.1) is 7.11 Å². The minimum atomic E-state index is 0.0719. The van der Waals surface area contributed by atoms with Gasteiger partial charge in [-0.05, 0) is 43.0 Å². The van der Waals surface area contributed by atoms with Crippen molar-refractivity contribution in [3.63, 3.8) is 0 Å². The molecule has 0 aliphatic heterocycles. The summed E-state index contributed by atoms with van der Waals surface area (Å²) >= 11 is 0. The molecule has 0 aliphatic carbocycles. The number of hydrogen-bond donors (Lipinski definition) is 1. The second-order valence-electron chi connectivity index (χ2n) is 6.15. The van der Waals surface area contributed by atoms with Gasteiger partial charge in [0, 0.05) is 24.8 Å². The SMILES string of the molecule is COc1cc(C)c(N(C)CCCN)cc1C(C)(C)C. The number of hydrogen-bond acceptors (Lipinski definition) is 3. The van der Waals surface area contributed by atoms with Crippen molar-refractivity contribution in [2.75, 3.05) is 32.1 Å². The zero-order valence-electron chi connectivity index (χ0n) is 13.2. The van der Waals surface area contributed by atoms with Crippen molar-refractivity contribution in [2.45, 2.75) is 39.5 Å². The maximum atomic E-state index is 5.59. The van der Waals surface area contributed by atoms with E-state index in [0.717, 1.165) is 25.3 Å². The van der Waals surface area contributed by atoms with Crippen LogP contribution in [-0.2, 0) is 5.41 Å². The van der Waals surface area contributed by atoms with Crippen LogP contribution in [0.3, 0.4) is 0 Å². The number of rotatable bonds is 5. The predicted octanol–water partition coefficient (Wildman–Crippen LogP) is 3.09. The van der Waals surface area contributed by atoms with E-state index >= 15 is 0 Å². The molecule has 3 nitrogen and oxygen atoms in total. The van der Waals surface area contributed by atoms with Crippen molar-refractivity contribution in [2.24, 2.45) is 5.73 Å². The molecule has 0 spiro atoms. The molecular formula is C16H28N2O. The fraction of sp³-hybridized carbons (Fsp3) is 0.625. The van der Waals surface area contributed by atoms with E-state index < -0.39 is 0 Å². The summed E-state index contributed by atoms with van der Waals surface area (Å²) < 4.78 is 5.53. The van der Waals surface area contributed by atoms with Crippen molar-refractivity contribution in [3.05, 3.63) is 23.3 Å². The molecule has 0 radical (unpaired) electrons. The lowest BCUT2D eigenvalue weighted by Gasteiger charge is -2.27. The lowest BCUT2D eigenvalue weighted by atomic mass is 9.85. The van der Waals surface area contributed by atoms with Crippen LogP contribution in [-0.4, -0.2) is 27.2 Å². The fourth-order valence-corrected chi connectivity index (χ4v) is 2.29. The molecule has 0 unspecified atom stereocenters. The highest BCUT2D eigenvalue weighted by atomic mass is 16.5. The summed E-state index contributed by atoms with van der Waals surface area (Å²) in [6.07, 6.45) is 1.01. The van der Waals surface area contributed by atoms with Crippen LogP contribution in [0.5, 0.6) is 5.75 Å². The molecule has 3 heteroatoms. The molecule has 0 saturated heterocycles. The molecule has 0 atom stereocenters. The van der Waals surface area contributed by atoms with Gasteiger partial charge < -0.3 is 15.4 Å². The maximum absolute atomic E-state index is 5.59. The molecule has 0 heterocycles. The number of ether oxygens (including phenoxy) is 1. The minimum Gasteiger partial charge on any atom is -0.496 e. The van der Waals surface area contributed by atoms with E-state index in [-0.39, 0.29) is 5.41 Å². The Morgan fingerprint density at radius 3 is 2.37 bits per heavy atom. The molecule has 0 aliphatic rings. The Morgan fingerprint density at radius 1 is 1.26 bits per heavy atom. The highest BCUT2D eigenvalue weighted by molar-refractivity contribution is 5.60. The first-order valence-corrected chi connectivity index (χ1v) is 6.91. The van der Waals surface area contributed by atoms with Crippen LogP contribution in [0.4, 0.5) is 5.69 Å². The van der Waals surface area contributed by atoms with Crippen LogP contribution in [0.2, 0.25) is 0 Å². The van der Waals surface area contributed by atoms with E-state index in [4.69, 9.17) is 10.5 Å². The summed E-state index contributed by atoms with van der Waals surface area (Å²) in [5.41, 5.74) is 9.41. The molecule has 108 valence electrons. The zero-order chi connectivity index (χ0) is 14.6. The Kier molecular flexibility index (Phi) is 5.24. The van der Waals surface area contributed by atoms with Crippen LogP contribution in [0, 0.1) is 6.92 Å². The molecule has 0 saturated carbocycles. The molecule has 1 rings (SSSR count). The van der Waals surface area contributed by atoms with Gasteiger partial charge in [0.15, 0.2) is 0 Å². The molecule has 2 N–H and O–H groups in total. The Balaban J connectivity index is 3.19. The lowest BCUT2D eigenvalue weighted by molar-refractivity contribution is 0.397. The van der Waals surface area contributed by atoms with Gasteiger partial charge in [-0.1, -0.05) is 20.8 Å². The molecule has 0 aromatic heterocycles. The summed E-state index contributed by atoms with van der Waals surface area (Å²) in [6.45, 7) is 10.5. The molecular weight excluding hydrogens is 236 g/mol. The second-order valence-corrected chi connectivity index (χ2v) is 6.15. The van der Waals surface area contributed by atoms with Gasteiger partial charge in [-0.3, -0.25) is 0 Å². The number of aryl methyl sites for hydroxylation is 1. The van der Waals surface area contributed by atoms with Crippen molar-refractivity contribution in [3.8, 4) is 5.75 Å². The third-order valence-electron chi connectivity index (χ3n) is 3.43. The van der Waals surface area contributed by atoms with Gasteiger partial charge in [0.25, 0.3) is 0 Å². The van der Waals surface area contributed by atoms with Gasteiger partial charge in [0.1, 0.15) is 5.75 Å². The Labute approximate surface area is 117 Å². The molecule has 1 aromatic carbocycles. The van der Waals surface area contributed by atoms with E-state index in [1.165, 1.54) is 16.8 Å². The van der Waals surface area contributed by atoms with E-state index in [9.17, 15) is 0 Å². The summed E-state index contributed by atoms with van der Waals surface area (Å²) in [6, 6.07) is 4.39. The summed E-state index contributed by atoms with van der Waals surface area (Å²) in [5.74, 6) is 0.973. The number of benzene rings is 1. The molecule has 0 bridgehead atoms. The summed E-state index contributed by atoms with van der Waals surface area (Å²) in [5, 5.41) is 0. The predicted molar refractivity (Wildman–Crippen MR) is 83.4 cm³/mol. The van der Waals surface area contributed by atoms with Gasteiger partial charge in [-0.2, -0.15) is 0 Å². The highest BCUT2D eigenvalue weighted by Gasteiger charge is 2.21.